The van der Waals surface area contributed by atoms with Gasteiger partial charge >= 0.3 is 0 Å². The first kappa shape index (κ1) is 19.4. The molecule has 154 valence electrons. The third-order valence-corrected chi connectivity index (χ3v) is 4.48. The molecular weight excluding hydrogens is 382 g/mol. The van der Waals surface area contributed by atoms with E-state index in [2.05, 4.69) is 48.1 Å². The summed E-state index contributed by atoms with van der Waals surface area (Å²) in [4.78, 5) is 8.68. The Morgan fingerprint density at radius 2 is 1.97 bits per heavy atom. The van der Waals surface area contributed by atoms with Crippen LogP contribution in [0, 0.1) is 6.92 Å². The molecule has 30 heavy (non-hydrogen) atoms. The molecule has 9 heteroatoms. The van der Waals surface area contributed by atoms with Crippen LogP contribution in [0.2, 0.25) is 0 Å². The Kier molecular flexibility index (Phi) is 5.88. The zero-order valence-electron chi connectivity index (χ0n) is 16.8. The molecule has 0 radical (unpaired) electrons. The van der Waals surface area contributed by atoms with Gasteiger partial charge in [0.25, 0.3) is 0 Å². The van der Waals surface area contributed by atoms with E-state index in [1.165, 1.54) is 5.56 Å². The van der Waals surface area contributed by atoms with Crippen LogP contribution >= 0.6 is 0 Å². The van der Waals surface area contributed by atoms with Crippen molar-refractivity contribution in [2.75, 3.05) is 17.7 Å². The van der Waals surface area contributed by atoms with Gasteiger partial charge in [-0.2, -0.15) is 10.1 Å². The first-order valence-corrected chi connectivity index (χ1v) is 9.61. The Bertz CT molecular complexity index is 1090. The molecule has 0 spiro atoms. The molecule has 0 aliphatic rings. The van der Waals surface area contributed by atoms with E-state index in [1.807, 2.05) is 31.2 Å². The summed E-state index contributed by atoms with van der Waals surface area (Å²) >= 11 is 0. The number of hydrogen-bond acceptors (Lipinski definition) is 8. The Morgan fingerprint density at radius 1 is 1.10 bits per heavy atom. The molecular formula is C21H23N7O2. The molecule has 0 bridgehead atoms. The molecule has 4 aromatic rings. The molecule has 1 aromatic carbocycles. The second-order valence-electron chi connectivity index (χ2n) is 6.80. The quantitative estimate of drug-likeness (QED) is 0.387. The zero-order valence-corrected chi connectivity index (χ0v) is 16.8. The number of nitrogens with one attached hydrogen (secondary N) is 3. The number of aryl methyl sites for hydroxylation is 3. The fourth-order valence-corrected chi connectivity index (χ4v) is 2.94. The maximum atomic E-state index is 5.19. The van der Waals surface area contributed by atoms with Crippen molar-refractivity contribution in [2.24, 2.45) is 0 Å². The number of hydrogen-bond donors (Lipinski definition) is 3. The molecule has 3 heterocycles. The highest BCUT2D eigenvalue weighted by atomic mass is 16.5. The lowest BCUT2D eigenvalue weighted by molar-refractivity contribution is 0.384. The maximum absolute atomic E-state index is 5.19. The third-order valence-electron chi connectivity index (χ3n) is 4.48. The molecule has 0 atom stereocenters. The van der Waals surface area contributed by atoms with Crippen LogP contribution in [0.15, 0.2) is 53.2 Å². The lowest BCUT2D eigenvalue weighted by Gasteiger charge is -2.05. The molecule has 0 fully saturated rings. The number of benzene rings is 1. The highest BCUT2D eigenvalue weighted by molar-refractivity contribution is 5.53. The second kappa shape index (κ2) is 9.08. The maximum Gasteiger partial charge on any atom is 0.224 e. The molecule has 0 unspecified atom stereocenters. The zero-order chi connectivity index (χ0) is 20.8. The van der Waals surface area contributed by atoms with Crippen molar-refractivity contribution in [2.45, 2.75) is 26.3 Å². The van der Waals surface area contributed by atoms with Crippen LogP contribution in [0.1, 0.15) is 22.7 Å². The molecule has 0 saturated heterocycles. The first-order valence-electron chi connectivity index (χ1n) is 9.61. The number of aromatic nitrogens is 5. The van der Waals surface area contributed by atoms with Crippen LogP contribution in [0.4, 0.5) is 17.6 Å². The number of rotatable bonds is 9. The largest absolute Gasteiger partial charge is 0.497 e. The third kappa shape index (κ3) is 5.13. The lowest BCUT2D eigenvalue weighted by atomic mass is 10.1. The molecule has 9 nitrogen and oxygen atoms in total. The molecule has 3 N–H and O–H groups in total. The summed E-state index contributed by atoms with van der Waals surface area (Å²) < 4.78 is 10.4. The van der Waals surface area contributed by atoms with Crippen molar-refractivity contribution < 1.29 is 9.26 Å². The summed E-state index contributed by atoms with van der Waals surface area (Å²) in [6.07, 6.45) is 3.42. The summed E-state index contributed by atoms with van der Waals surface area (Å²) in [6.45, 7) is 2.34. The van der Waals surface area contributed by atoms with Crippen molar-refractivity contribution in [1.29, 1.82) is 0 Å². The van der Waals surface area contributed by atoms with Gasteiger partial charge in [0.15, 0.2) is 5.76 Å². The van der Waals surface area contributed by atoms with E-state index in [0.717, 1.165) is 41.6 Å². The van der Waals surface area contributed by atoms with Crippen molar-refractivity contribution in [3.63, 3.8) is 0 Å². The summed E-state index contributed by atoms with van der Waals surface area (Å²) in [7, 11) is 1.67. The van der Waals surface area contributed by atoms with E-state index >= 15 is 0 Å². The normalized spacial score (nSPS) is 10.7. The van der Waals surface area contributed by atoms with Crippen LogP contribution in [0.5, 0.6) is 5.75 Å². The number of ether oxygens (including phenoxy) is 1. The van der Waals surface area contributed by atoms with E-state index in [1.54, 1.807) is 19.4 Å². The number of H-pyrrole nitrogens is 1. The SMILES string of the molecule is COc1ccc(CCc2cc(Nc3ccnc(NCc4cc(C)no4)n3)[nH]n2)cc1. The van der Waals surface area contributed by atoms with Gasteiger partial charge < -0.3 is 19.9 Å². The van der Waals surface area contributed by atoms with Gasteiger partial charge in [-0.3, -0.25) is 5.10 Å². The van der Waals surface area contributed by atoms with Gasteiger partial charge in [-0.15, -0.1) is 0 Å². The second-order valence-corrected chi connectivity index (χ2v) is 6.80. The fraction of sp³-hybridized carbons (Fsp3) is 0.238. The average molecular weight is 405 g/mol. The van der Waals surface area contributed by atoms with Crippen LogP contribution in [-0.2, 0) is 19.4 Å². The monoisotopic (exact) mass is 405 g/mol. The van der Waals surface area contributed by atoms with Gasteiger partial charge in [0.2, 0.25) is 5.95 Å². The summed E-state index contributed by atoms with van der Waals surface area (Å²) in [6, 6.07) is 13.7. The van der Waals surface area contributed by atoms with Crippen LogP contribution in [0.3, 0.4) is 0 Å². The lowest BCUT2D eigenvalue weighted by Crippen LogP contribution is -2.04. The van der Waals surface area contributed by atoms with Gasteiger partial charge in [-0.05, 0) is 43.5 Å². The number of nitrogens with zero attached hydrogens (tertiary/aromatic N) is 4. The number of aromatic amines is 1. The highest BCUT2D eigenvalue weighted by Crippen LogP contribution is 2.17. The van der Waals surface area contributed by atoms with E-state index in [4.69, 9.17) is 9.26 Å². The molecule has 0 aliphatic heterocycles. The minimum atomic E-state index is 0.462. The topological polar surface area (TPSA) is 114 Å². The van der Waals surface area contributed by atoms with Crippen molar-refractivity contribution in [3.8, 4) is 5.75 Å². The van der Waals surface area contributed by atoms with Gasteiger partial charge in [0, 0.05) is 18.3 Å². The average Bonchev–Trinajstić information content (AvgIpc) is 3.40. The number of anilines is 3. The number of methoxy groups -OCH3 is 1. The smallest absolute Gasteiger partial charge is 0.224 e. The van der Waals surface area contributed by atoms with Crippen molar-refractivity contribution in [1.82, 2.24) is 25.3 Å². The predicted molar refractivity (Wildman–Crippen MR) is 113 cm³/mol. The fourth-order valence-electron chi connectivity index (χ4n) is 2.94. The Hall–Kier alpha value is -3.88. The molecule has 0 aliphatic carbocycles. The van der Waals surface area contributed by atoms with Gasteiger partial charge in [0.1, 0.15) is 17.4 Å². The Morgan fingerprint density at radius 3 is 2.73 bits per heavy atom. The first-order chi connectivity index (χ1) is 14.7. The Balaban J connectivity index is 1.31. The highest BCUT2D eigenvalue weighted by Gasteiger charge is 2.06. The van der Waals surface area contributed by atoms with Crippen LogP contribution in [-0.4, -0.2) is 32.4 Å². The summed E-state index contributed by atoms with van der Waals surface area (Å²) in [5.74, 6) is 3.51. The van der Waals surface area contributed by atoms with Crippen LogP contribution in [0.25, 0.3) is 0 Å². The summed E-state index contributed by atoms with van der Waals surface area (Å²) in [5.41, 5.74) is 3.05. The van der Waals surface area contributed by atoms with Crippen molar-refractivity contribution >= 4 is 17.6 Å². The minimum Gasteiger partial charge on any atom is -0.497 e. The molecule has 4 rings (SSSR count). The predicted octanol–water partition coefficient (Wildman–Crippen LogP) is 3.65. The standard InChI is InChI=1S/C21H23N7O2/c1-14-11-18(30-28-14)13-23-21-22-10-9-19(25-21)24-20-12-16(26-27-20)6-3-15-4-7-17(29-2)8-5-15/h4-5,7-12H,3,6,13H2,1-2H3,(H3,22,23,24,25,26,27). The van der Waals surface area contributed by atoms with E-state index in [0.29, 0.717) is 18.3 Å². The van der Waals surface area contributed by atoms with Gasteiger partial charge in [0.05, 0.1) is 25.0 Å². The molecule has 0 amide bonds. The molecule has 0 saturated carbocycles. The molecule has 3 aromatic heterocycles. The summed E-state index contributed by atoms with van der Waals surface area (Å²) in [5, 5.41) is 17.6. The van der Waals surface area contributed by atoms with E-state index in [9.17, 15) is 0 Å². The van der Waals surface area contributed by atoms with E-state index in [-0.39, 0.29) is 0 Å². The minimum absolute atomic E-state index is 0.462. The van der Waals surface area contributed by atoms with Crippen molar-refractivity contribution in [3.05, 3.63) is 71.4 Å². The van der Waals surface area contributed by atoms with Crippen LogP contribution < -0.4 is 15.4 Å². The van der Waals surface area contributed by atoms with E-state index < -0.39 is 0 Å². The van der Waals surface area contributed by atoms with Gasteiger partial charge in [-0.1, -0.05) is 17.3 Å². The Labute approximate surface area is 173 Å². The van der Waals surface area contributed by atoms with Gasteiger partial charge in [-0.25, -0.2) is 4.98 Å².